The summed E-state index contributed by atoms with van der Waals surface area (Å²) in [6.45, 7) is 6.43. The number of nitrogens with two attached hydrogens (primary N) is 1. The van der Waals surface area contributed by atoms with E-state index in [1.165, 1.54) is 0 Å². The predicted octanol–water partition coefficient (Wildman–Crippen LogP) is 4.52. The highest BCUT2D eigenvalue weighted by molar-refractivity contribution is 5.34. The van der Waals surface area contributed by atoms with Crippen LogP contribution in [0.15, 0.2) is 54.6 Å². The Kier molecular flexibility index (Phi) is 3.91. The molecule has 0 fully saturated rings. The molecule has 1 atom stereocenters. The first kappa shape index (κ1) is 13.6. The van der Waals surface area contributed by atoms with E-state index in [9.17, 15) is 0 Å². The van der Waals surface area contributed by atoms with E-state index in [2.05, 4.69) is 20.8 Å². The first-order chi connectivity index (χ1) is 8.97. The van der Waals surface area contributed by atoms with Gasteiger partial charge in [-0.2, -0.15) is 0 Å². The van der Waals surface area contributed by atoms with Crippen molar-refractivity contribution in [2.45, 2.75) is 26.8 Å². The summed E-state index contributed by atoms with van der Waals surface area (Å²) in [4.78, 5) is 0. The lowest BCUT2D eigenvalue weighted by atomic mass is 9.83. The van der Waals surface area contributed by atoms with Crippen molar-refractivity contribution in [3.63, 3.8) is 0 Å². The Morgan fingerprint density at radius 2 is 1.37 bits per heavy atom. The van der Waals surface area contributed by atoms with Crippen molar-refractivity contribution in [2.75, 3.05) is 0 Å². The van der Waals surface area contributed by atoms with E-state index in [0.29, 0.717) is 0 Å². The van der Waals surface area contributed by atoms with Crippen LogP contribution < -0.4 is 10.5 Å². The van der Waals surface area contributed by atoms with Crippen LogP contribution in [-0.2, 0) is 0 Å². The molecule has 2 heteroatoms. The summed E-state index contributed by atoms with van der Waals surface area (Å²) in [5, 5.41) is 0. The van der Waals surface area contributed by atoms with Gasteiger partial charge < -0.3 is 10.5 Å². The van der Waals surface area contributed by atoms with Crippen LogP contribution >= 0.6 is 0 Å². The molecule has 0 aliphatic carbocycles. The fraction of sp³-hybridized carbons (Fsp3) is 0.294. The van der Waals surface area contributed by atoms with E-state index in [4.69, 9.17) is 10.5 Å². The topological polar surface area (TPSA) is 35.2 Å². The summed E-state index contributed by atoms with van der Waals surface area (Å²) in [5.41, 5.74) is 7.42. The van der Waals surface area contributed by atoms with E-state index >= 15 is 0 Å². The Balaban J connectivity index is 2.11. The van der Waals surface area contributed by atoms with Crippen LogP contribution in [0.2, 0.25) is 0 Å². The monoisotopic (exact) mass is 255 g/mol. The van der Waals surface area contributed by atoms with Gasteiger partial charge in [0.15, 0.2) is 0 Å². The Hall–Kier alpha value is -1.80. The van der Waals surface area contributed by atoms with Gasteiger partial charge in [0.1, 0.15) is 11.5 Å². The SMILES string of the molecule is CC(C)(C)C(N)c1ccc(Oc2ccccc2)cc1. The molecule has 2 aromatic rings. The minimum atomic E-state index is 0.0262. The van der Waals surface area contributed by atoms with Gasteiger partial charge >= 0.3 is 0 Å². The Bertz CT molecular complexity index is 511. The summed E-state index contributed by atoms with van der Waals surface area (Å²) in [6, 6.07) is 17.8. The number of para-hydroxylation sites is 1. The fourth-order valence-electron chi connectivity index (χ4n) is 1.87. The molecule has 0 aliphatic rings. The van der Waals surface area contributed by atoms with Crippen molar-refractivity contribution in [2.24, 2.45) is 11.1 Å². The minimum absolute atomic E-state index is 0.0262. The van der Waals surface area contributed by atoms with Gasteiger partial charge in [0.25, 0.3) is 0 Å². The van der Waals surface area contributed by atoms with Crippen LogP contribution in [0.3, 0.4) is 0 Å². The van der Waals surface area contributed by atoms with Gasteiger partial charge in [-0.1, -0.05) is 51.1 Å². The average Bonchev–Trinajstić information content (AvgIpc) is 2.39. The maximum absolute atomic E-state index is 6.23. The normalized spacial score (nSPS) is 13.1. The molecular formula is C17H21NO. The van der Waals surface area contributed by atoms with Crippen LogP contribution in [0.1, 0.15) is 32.4 Å². The first-order valence-electron chi connectivity index (χ1n) is 6.55. The molecule has 0 amide bonds. The maximum atomic E-state index is 6.23. The number of hydrogen-bond donors (Lipinski definition) is 1. The van der Waals surface area contributed by atoms with Crippen molar-refractivity contribution in [1.82, 2.24) is 0 Å². The van der Waals surface area contributed by atoms with E-state index < -0.39 is 0 Å². The third-order valence-electron chi connectivity index (χ3n) is 3.15. The maximum Gasteiger partial charge on any atom is 0.127 e. The largest absolute Gasteiger partial charge is 0.457 e. The molecule has 0 radical (unpaired) electrons. The van der Waals surface area contributed by atoms with Gasteiger partial charge in [-0.05, 0) is 35.2 Å². The Labute approximate surface area is 115 Å². The lowest BCUT2D eigenvalue weighted by Gasteiger charge is -2.27. The smallest absolute Gasteiger partial charge is 0.127 e. The van der Waals surface area contributed by atoms with Crippen molar-refractivity contribution >= 4 is 0 Å². The second kappa shape index (κ2) is 5.45. The average molecular weight is 255 g/mol. The molecule has 0 heterocycles. The molecule has 100 valence electrons. The van der Waals surface area contributed by atoms with Gasteiger partial charge in [-0.25, -0.2) is 0 Å². The molecular weight excluding hydrogens is 234 g/mol. The van der Waals surface area contributed by atoms with Gasteiger partial charge in [-0.15, -0.1) is 0 Å². The van der Waals surface area contributed by atoms with Crippen molar-refractivity contribution in [3.05, 3.63) is 60.2 Å². The summed E-state index contributed by atoms with van der Waals surface area (Å²) < 4.78 is 5.76. The van der Waals surface area contributed by atoms with Crippen LogP contribution in [0.5, 0.6) is 11.5 Å². The number of ether oxygens (including phenoxy) is 1. The van der Waals surface area contributed by atoms with E-state index in [1.54, 1.807) is 0 Å². The molecule has 2 N–H and O–H groups in total. The Morgan fingerprint density at radius 3 is 1.89 bits per heavy atom. The first-order valence-corrected chi connectivity index (χ1v) is 6.55. The van der Waals surface area contributed by atoms with Crippen molar-refractivity contribution in [3.8, 4) is 11.5 Å². The highest BCUT2D eigenvalue weighted by Gasteiger charge is 2.21. The molecule has 19 heavy (non-hydrogen) atoms. The van der Waals surface area contributed by atoms with Gasteiger partial charge in [0, 0.05) is 6.04 Å². The molecule has 0 saturated heterocycles. The summed E-state index contributed by atoms with van der Waals surface area (Å²) in [6.07, 6.45) is 0. The molecule has 2 nitrogen and oxygen atoms in total. The lowest BCUT2D eigenvalue weighted by Crippen LogP contribution is -2.26. The molecule has 0 saturated carbocycles. The van der Waals surface area contributed by atoms with E-state index in [-0.39, 0.29) is 11.5 Å². The standard InChI is InChI=1S/C17H21NO/c1-17(2,3)16(18)13-9-11-15(12-10-13)19-14-7-5-4-6-8-14/h4-12,16H,18H2,1-3H3. The summed E-state index contributed by atoms with van der Waals surface area (Å²) >= 11 is 0. The second-order valence-electron chi connectivity index (χ2n) is 5.83. The van der Waals surface area contributed by atoms with Crippen LogP contribution in [0.25, 0.3) is 0 Å². The Morgan fingerprint density at radius 1 is 0.842 bits per heavy atom. The quantitative estimate of drug-likeness (QED) is 0.874. The zero-order valence-corrected chi connectivity index (χ0v) is 11.8. The number of hydrogen-bond acceptors (Lipinski definition) is 2. The number of benzene rings is 2. The van der Waals surface area contributed by atoms with Gasteiger partial charge in [-0.3, -0.25) is 0 Å². The van der Waals surface area contributed by atoms with Crippen molar-refractivity contribution < 1.29 is 4.74 Å². The molecule has 2 rings (SSSR count). The number of rotatable bonds is 3. The predicted molar refractivity (Wildman–Crippen MR) is 79.3 cm³/mol. The van der Waals surface area contributed by atoms with Crippen LogP contribution in [-0.4, -0.2) is 0 Å². The molecule has 0 bridgehead atoms. The molecule has 0 spiro atoms. The van der Waals surface area contributed by atoms with E-state index in [1.807, 2.05) is 54.6 Å². The molecule has 0 aliphatic heterocycles. The molecule has 2 aromatic carbocycles. The van der Waals surface area contributed by atoms with Crippen molar-refractivity contribution in [1.29, 1.82) is 0 Å². The zero-order valence-electron chi connectivity index (χ0n) is 11.8. The van der Waals surface area contributed by atoms with Gasteiger partial charge in [0.05, 0.1) is 0 Å². The minimum Gasteiger partial charge on any atom is -0.457 e. The van der Waals surface area contributed by atoms with Crippen LogP contribution in [0, 0.1) is 5.41 Å². The summed E-state index contributed by atoms with van der Waals surface area (Å²) in [5.74, 6) is 1.67. The highest BCUT2D eigenvalue weighted by Crippen LogP contribution is 2.31. The van der Waals surface area contributed by atoms with E-state index in [0.717, 1.165) is 17.1 Å². The van der Waals surface area contributed by atoms with Crippen LogP contribution in [0.4, 0.5) is 0 Å². The highest BCUT2D eigenvalue weighted by atomic mass is 16.5. The van der Waals surface area contributed by atoms with Gasteiger partial charge in [0.2, 0.25) is 0 Å². The lowest BCUT2D eigenvalue weighted by molar-refractivity contribution is 0.327. The summed E-state index contributed by atoms with van der Waals surface area (Å²) in [7, 11) is 0. The fourth-order valence-corrected chi connectivity index (χ4v) is 1.87. The third kappa shape index (κ3) is 3.58. The zero-order chi connectivity index (χ0) is 13.9. The molecule has 0 aromatic heterocycles. The molecule has 1 unspecified atom stereocenters. The third-order valence-corrected chi connectivity index (χ3v) is 3.15. The second-order valence-corrected chi connectivity index (χ2v) is 5.83.